The van der Waals surface area contributed by atoms with E-state index in [1.54, 1.807) is 12.1 Å². The molecule has 126 valence electrons. The molecule has 1 saturated heterocycles. The Morgan fingerprint density at radius 1 is 1.22 bits per heavy atom. The zero-order valence-electron chi connectivity index (χ0n) is 13.5. The highest BCUT2D eigenvalue weighted by Gasteiger charge is 2.36. The molecule has 0 atom stereocenters. The molecule has 1 saturated carbocycles. The number of rotatable bonds is 3. The van der Waals surface area contributed by atoms with Crippen LogP contribution in [0.4, 0.5) is 4.39 Å². The van der Waals surface area contributed by atoms with Crippen molar-refractivity contribution < 1.29 is 14.4 Å². The second-order valence-corrected chi connectivity index (χ2v) is 7.12. The Hall–Kier alpha value is -1.46. The van der Waals surface area contributed by atoms with Crippen molar-refractivity contribution in [2.24, 2.45) is 5.41 Å². The Bertz CT molecular complexity index is 565. The first-order chi connectivity index (χ1) is 11.1. The molecule has 1 aliphatic carbocycles. The molecule has 23 heavy (non-hydrogen) atoms. The van der Waals surface area contributed by atoms with Gasteiger partial charge in [-0.15, -0.1) is 0 Å². The molecule has 4 nitrogen and oxygen atoms in total. The maximum Gasteiger partial charge on any atom is 0.274 e. The number of hydroxylamine groups is 1. The summed E-state index contributed by atoms with van der Waals surface area (Å²) in [6.45, 7) is 2.67. The molecule has 0 radical (unpaired) electrons. The van der Waals surface area contributed by atoms with Crippen LogP contribution in [0, 0.1) is 11.2 Å². The number of amides is 1. The fourth-order valence-electron chi connectivity index (χ4n) is 4.28. The Morgan fingerprint density at radius 2 is 1.96 bits per heavy atom. The highest BCUT2D eigenvalue weighted by atomic mass is 19.1. The second kappa shape index (κ2) is 6.97. The Labute approximate surface area is 136 Å². The molecule has 0 bridgehead atoms. The van der Waals surface area contributed by atoms with Gasteiger partial charge in [0.15, 0.2) is 0 Å². The molecule has 1 aliphatic heterocycles. The summed E-state index contributed by atoms with van der Waals surface area (Å²) in [5.41, 5.74) is 2.73. The van der Waals surface area contributed by atoms with Crippen LogP contribution in [0.2, 0.25) is 0 Å². The Kier molecular flexibility index (Phi) is 4.97. The average molecular weight is 320 g/mol. The topological polar surface area (TPSA) is 52.6 Å². The van der Waals surface area contributed by atoms with Gasteiger partial charge in [0.2, 0.25) is 0 Å². The molecule has 1 aromatic carbocycles. The van der Waals surface area contributed by atoms with Crippen LogP contribution >= 0.6 is 0 Å². The number of carbonyl (C=O) groups excluding carboxylic acids is 1. The van der Waals surface area contributed by atoms with Crippen molar-refractivity contribution in [1.82, 2.24) is 10.4 Å². The standard InChI is InChI=1S/C18H25FN2O2/c19-16-11-14(17(22)20-23)5-6-15(16)12-21-10-4-9-18(13-21)7-2-1-3-8-18/h5-6,11,23H,1-4,7-10,12-13H2,(H,20,22). The van der Waals surface area contributed by atoms with E-state index in [0.29, 0.717) is 17.5 Å². The lowest BCUT2D eigenvalue weighted by molar-refractivity contribution is 0.0488. The van der Waals surface area contributed by atoms with Crippen molar-refractivity contribution in [3.63, 3.8) is 0 Å². The summed E-state index contributed by atoms with van der Waals surface area (Å²) in [4.78, 5) is 13.7. The molecule has 2 fully saturated rings. The van der Waals surface area contributed by atoms with Crippen LogP contribution in [0.25, 0.3) is 0 Å². The minimum Gasteiger partial charge on any atom is -0.298 e. The van der Waals surface area contributed by atoms with Crippen molar-refractivity contribution in [2.75, 3.05) is 13.1 Å². The van der Waals surface area contributed by atoms with E-state index in [1.807, 2.05) is 0 Å². The number of halogens is 1. The van der Waals surface area contributed by atoms with E-state index in [-0.39, 0.29) is 11.4 Å². The number of carbonyl (C=O) groups is 1. The number of benzene rings is 1. The summed E-state index contributed by atoms with van der Waals surface area (Å²) in [5, 5.41) is 8.62. The molecule has 0 unspecified atom stereocenters. The van der Waals surface area contributed by atoms with Crippen molar-refractivity contribution in [3.8, 4) is 0 Å². The maximum absolute atomic E-state index is 14.2. The van der Waals surface area contributed by atoms with Gasteiger partial charge >= 0.3 is 0 Å². The minimum atomic E-state index is -0.686. The number of piperidine rings is 1. The smallest absolute Gasteiger partial charge is 0.274 e. The average Bonchev–Trinajstić information content (AvgIpc) is 2.57. The van der Waals surface area contributed by atoms with Crippen LogP contribution in [0.15, 0.2) is 18.2 Å². The van der Waals surface area contributed by atoms with Gasteiger partial charge in [0.1, 0.15) is 5.82 Å². The van der Waals surface area contributed by atoms with Crippen molar-refractivity contribution in [1.29, 1.82) is 0 Å². The van der Waals surface area contributed by atoms with E-state index < -0.39 is 5.91 Å². The molecular formula is C18H25FN2O2. The highest BCUT2D eigenvalue weighted by Crippen LogP contribution is 2.43. The van der Waals surface area contributed by atoms with Crippen molar-refractivity contribution >= 4 is 5.91 Å². The zero-order valence-corrected chi connectivity index (χ0v) is 13.5. The largest absolute Gasteiger partial charge is 0.298 e. The first kappa shape index (κ1) is 16.4. The van der Waals surface area contributed by atoms with E-state index in [2.05, 4.69) is 4.90 Å². The van der Waals surface area contributed by atoms with Gasteiger partial charge in [-0.3, -0.25) is 14.9 Å². The fraction of sp³-hybridized carbons (Fsp3) is 0.611. The third kappa shape index (κ3) is 3.72. The van der Waals surface area contributed by atoms with Gasteiger partial charge in [-0.25, -0.2) is 9.87 Å². The summed E-state index contributed by atoms with van der Waals surface area (Å²) in [6, 6.07) is 4.41. The molecule has 2 N–H and O–H groups in total. The number of hydrogen-bond donors (Lipinski definition) is 2. The minimum absolute atomic E-state index is 0.135. The predicted molar refractivity (Wildman–Crippen MR) is 85.7 cm³/mol. The second-order valence-electron chi connectivity index (χ2n) is 7.12. The maximum atomic E-state index is 14.2. The number of nitrogens with zero attached hydrogens (tertiary/aromatic N) is 1. The lowest BCUT2D eigenvalue weighted by Crippen LogP contribution is -2.43. The zero-order chi connectivity index (χ0) is 16.3. The van der Waals surface area contributed by atoms with E-state index in [9.17, 15) is 9.18 Å². The van der Waals surface area contributed by atoms with Crippen LogP contribution < -0.4 is 5.48 Å². The van der Waals surface area contributed by atoms with E-state index >= 15 is 0 Å². The third-order valence-electron chi connectivity index (χ3n) is 5.47. The fourth-order valence-corrected chi connectivity index (χ4v) is 4.28. The lowest BCUT2D eigenvalue weighted by Gasteiger charge is -2.45. The van der Waals surface area contributed by atoms with Gasteiger partial charge in [0.05, 0.1) is 0 Å². The van der Waals surface area contributed by atoms with Crippen LogP contribution in [0.3, 0.4) is 0 Å². The van der Waals surface area contributed by atoms with E-state index in [4.69, 9.17) is 5.21 Å². The van der Waals surface area contributed by atoms with E-state index in [0.717, 1.165) is 13.1 Å². The number of likely N-dealkylation sites (tertiary alicyclic amines) is 1. The third-order valence-corrected chi connectivity index (χ3v) is 5.47. The first-order valence-corrected chi connectivity index (χ1v) is 8.57. The first-order valence-electron chi connectivity index (χ1n) is 8.57. The van der Waals surface area contributed by atoms with Gasteiger partial charge in [-0.05, 0) is 49.8 Å². The van der Waals surface area contributed by atoms with Crippen LogP contribution in [-0.4, -0.2) is 29.1 Å². The molecule has 0 aromatic heterocycles. The Morgan fingerprint density at radius 3 is 2.65 bits per heavy atom. The van der Waals surface area contributed by atoms with Crippen molar-refractivity contribution in [3.05, 3.63) is 35.1 Å². The normalized spacial score (nSPS) is 21.3. The van der Waals surface area contributed by atoms with E-state index in [1.165, 1.54) is 56.5 Å². The molecule has 2 aliphatic rings. The van der Waals surface area contributed by atoms with Gasteiger partial charge in [-0.2, -0.15) is 0 Å². The molecule has 1 spiro atoms. The highest BCUT2D eigenvalue weighted by molar-refractivity contribution is 5.93. The van der Waals surface area contributed by atoms with Crippen LogP contribution in [0.1, 0.15) is 60.9 Å². The monoisotopic (exact) mass is 320 g/mol. The summed E-state index contributed by atoms with van der Waals surface area (Å²) in [5.74, 6) is -1.07. The molecule has 5 heteroatoms. The quantitative estimate of drug-likeness (QED) is 0.662. The molecule has 3 rings (SSSR count). The number of nitrogens with one attached hydrogen (secondary N) is 1. The summed E-state index contributed by atoms with van der Waals surface area (Å²) >= 11 is 0. The van der Waals surface area contributed by atoms with Crippen LogP contribution in [-0.2, 0) is 6.54 Å². The molecule has 1 aromatic rings. The van der Waals surface area contributed by atoms with Gasteiger partial charge < -0.3 is 0 Å². The summed E-state index contributed by atoms with van der Waals surface area (Å²) < 4.78 is 14.2. The van der Waals surface area contributed by atoms with Gasteiger partial charge in [0.25, 0.3) is 5.91 Å². The summed E-state index contributed by atoms with van der Waals surface area (Å²) in [7, 11) is 0. The summed E-state index contributed by atoms with van der Waals surface area (Å²) in [6.07, 6.45) is 9.11. The van der Waals surface area contributed by atoms with Gasteiger partial charge in [-0.1, -0.05) is 25.3 Å². The lowest BCUT2D eigenvalue weighted by atomic mass is 9.69. The van der Waals surface area contributed by atoms with Crippen molar-refractivity contribution in [2.45, 2.75) is 51.5 Å². The Balaban J connectivity index is 1.68. The predicted octanol–water partition coefficient (Wildman–Crippen LogP) is 3.49. The molecule has 1 amide bonds. The molecular weight excluding hydrogens is 295 g/mol. The van der Waals surface area contributed by atoms with Gasteiger partial charge in [0, 0.05) is 24.2 Å². The number of hydrogen-bond acceptors (Lipinski definition) is 3. The SMILES string of the molecule is O=C(NO)c1ccc(CN2CCCC3(CCCCC3)C2)c(F)c1. The molecule has 1 heterocycles. The van der Waals surface area contributed by atoms with Crippen LogP contribution in [0.5, 0.6) is 0 Å².